The van der Waals surface area contributed by atoms with Crippen molar-refractivity contribution in [3.63, 3.8) is 0 Å². The van der Waals surface area contributed by atoms with Crippen molar-refractivity contribution in [2.75, 3.05) is 13.2 Å². The number of unbranched alkanes of at least 4 members (excludes halogenated alkanes) is 42. The zero-order valence-corrected chi connectivity index (χ0v) is 46.6. The van der Waals surface area contributed by atoms with Crippen LogP contribution in [0.2, 0.25) is 0 Å². The normalized spacial score (nSPS) is 12.1. The van der Waals surface area contributed by atoms with Crippen molar-refractivity contribution >= 4 is 17.9 Å². The second kappa shape index (κ2) is 58.5. The molecule has 6 nitrogen and oxygen atoms in total. The molecule has 0 aliphatic heterocycles. The van der Waals surface area contributed by atoms with Crippen LogP contribution in [0.25, 0.3) is 0 Å². The molecule has 0 bridgehead atoms. The van der Waals surface area contributed by atoms with E-state index < -0.39 is 6.10 Å². The zero-order chi connectivity index (χ0) is 50.0. The molecular formula is C63H118O6. The van der Waals surface area contributed by atoms with Gasteiger partial charge >= 0.3 is 17.9 Å². The minimum absolute atomic E-state index is 0.0686. The predicted octanol–water partition coefficient (Wildman–Crippen LogP) is 20.7. The van der Waals surface area contributed by atoms with Crippen molar-refractivity contribution in [1.29, 1.82) is 0 Å². The minimum Gasteiger partial charge on any atom is -0.462 e. The van der Waals surface area contributed by atoms with Gasteiger partial charge in [-0.05, 0) is 51.4 Å². The molecule has 0 aliphatic carbocycles. The number of esters is 3. The van der Waals surface area contributed by atoms with Gasteiger partial charge in [0.15, 0.2) is 6.10 Å². The smallest absolute Gasteiger partial charge is 0.306 e. The summed E-state index contributed by atoms with van der Waals surface area (Å²) >= 11 is 0. The molecule has 6 heteroatoms. The monoisotopic (exact) mass is 971 g/mol. The highest BCUT2D eigenvalue weighted by molar-refractivity contribution is 5.71. The maximum Gasteiger partial charge on any atom is 0.306 e. The predicted molar refractivity (Wildman–Crippen MR) is 298 cm³/mol. The molecule has 0 heterocycles. The van der Waals surface area contributed by atoms with Crippen LogP contribution in [-0.4, -0.2) is 37.2 Å². The molecule has 0 aliphatic rings. The Morgan fingerprint density at radius 1 is 0.290 bits per heavy atom. The first-order valence-corrected chi connectivity index (χ1v) is 30.8. The topological polar surface area (TPSA) is 78.9 Å². The third-order valence-electron chi connectivity index (χ3n) is 14.0. The first kappa shape index (κ1) is 66.9. The van der Waals surface area contributed by atoms with Crippen molar-refractivity contribution in [1.82, 2.24) is 0 Å². The van der Waals surface area contributed by atoms with E-state index in [2.05, 4.69) is 45.1 Å². The SMILES string of the molecule is CCCCCC/C=C\C/C=C\CCCCCCCCCC(=O)OC(COC(=O)CCCCCCCCCCCCCCC)COC(=O)CCCCCCCCCCCCCCCCCCCCCC. The summed E-state index contributed by atoms with van der Waals surface area (Å²) in [6.45, 7) is 6.68. The Hall–Kier alpha value is -2.11. The molecule has 1 atom stereocenters. The number of hydrogen-bond acceptors (Lipinski definition) is 6. The van der Waals surface area contributed by atoms with Gasteiger partial charge in [-0.25, -0.2) is 0 Å². The summed E-state index contributed by atoms with van der Waals surface area (Å²) in [5, 5.41) is 0. The Kier molecular flexibility index (Phi) is 56.7. The Labute approximate surface area is 430 Å². The maximum absolute atomic E-state index is 12.9. The fourth-order valence-corrected chi connectivity index (χ4v) is 9.30. The molecule has 0 saturated heterocycles. The van der Waals surface area contributed by atoms with Gasteiger partial charge in [-0.15, -0.1) is 0 Å². The van der Waals surface area contributed by atoms with Crippen molar-refractivity contribution in [2.45, 2.75) is 348 Å². The molecule has 0 spiro atoms. The van der Waals surface area contributed by atoms with Crippen LogP contribution in [0.3, 0.4) is 0 Å². The van der Waals surface area contributed by atoms with Crippen LogP contribution in [0.4, 0.5) is 0 Å². The average molecular weight is 972 g/mol. The quantitative estimate of drug-likeness (QED) is 0.0261. The molecule has 0 aromatic heterocycles. The summed E-state index contributed by atoms with van der Waals surface area (Å²) < 4.78 is 16.9. The Morgan fingerprint density at radius 3 is 0.812 bits per heavy atom. The third-order valence-corrected chi connectivity index (χ3v) is 14.0. The van der Waals surface area contributed by atoms with Gasteiger partial charge in [0.05, 0.1) is 0 Å². The van der Waals surface area contributed by atoms with E-state index in [0.717, 1.165) is 70.6 Å². The maximum atomic E-state index is 12.9. The second-order valence-electron chi connectivity index (χ2n) is 21.0. The molecule has 0 N–H and O–H groups in total. The molecule has 1 unspecified atom stereocenters. The van der Waals surface area contributed by atoms with Crippen LogP contribution in [0, 0.1) is 0 Å². The van der Waals surface area contributed by atoms with Crippen molar-refractivity contribution in [3.05, 3.63) is 24.3 Å². The summed E-state index contributed by atoms with van der Waals surface area (Å²) in [4.78, 5) is 38.2. The summed E-state index contributed by atoms with van der Waals surface area (Å²) in [5.41, 5.74) is 0. The minimum atomic E-state index is -0.771. The van der Waals surface area contributed by atoms with Gasteiger partial charge in [-0.2, -0.15) is 0 Å². The Bertz CT molecular complexity index is 1110. The first-order chi connectivity index (χ1) is 34.0. The van der Waals surface area contributed by atoms with Crippen molar-refractivity contribution < 1.29 is 28.6 Å². The summed E-state index contributed by atoms with van der Waals surface area (Å²) in [6.07, 6.45) is 68.9. The van der Waals surface area contributed by atoms with Crippen molar-refractivity contribution in [3.8, 4) is 0 Å². The largest absolute Gasteiger partial charge is 0.462 e. The van der Waals surface area contributed by atoms with Gasteiger partial charge in [-0.3, -0.25) is 14.4 Å². The van der Waals surface area contributed by atoms with Crippen molar-refractivity contribution in [2.24, 2.45) is 0 Å². The molecule has 0 saturated carbocycles. The number of rotatable bonds is 57. The van der Waals surface area contributed by atoms with E-state index in [0.29, 0.717) is 19.3 Å². The van der Waals surface area contributed by atoms with Gasteiger partial charge in [0.1, 0.15) is 13.2 Å². The summed E-state index contributed by atoms with van der Waals surface area (Å²) in [5.74, 6) is -0.851. The highest BCUT2D eigenvalue weighted by Crippen LogP contribution is 2.17. The number of carbonyl (C=O) groups excluding carboxylic acids is 3. The molecule has 0 radical (unpaired) electrons. The number of carbonyl (C=O) groups is 3. The lowest BCUT2D eigenvalue weighted by Gasteiger charge is -2.18. The highest BCUT2D eigenvalue weighted by Gasteiger charge is 2.19. The molecule has 0 fully saturated rings. The second-order valence-corrected chi connectivity index (χ2v) is 21.0. The fraction of sp³-hybridized carbons (Fsp3) is 0.889. The van der Waals surface area contributed by atoms with E-state index in [-0.39, 0.29) is 31.1 Å². The first-order valence-electron chi connectivity index (χ1n) is 30.8. The lowest BCUT2D eigenvalue weighted by Crippen LogP contribution is -2.30. The van der Waals surface area contributed by atoms with Crippen LogP contribution < -0.4 is 0 Å². The molecule has 406 valence electrons. The van der Waals surface area contributed by atoms with Crippen LogP contribution >= 0.6 is 0 Å². The molecule has 0 amide bonds. The van der Waals surface area contributed by atoms with Crippen LogP contribution in [-0.2, 0) is 28.6 Å². The number of allylic oxidation sites excluding steroid dienone is 4. The lowest BCUT2D eigenvalue weighted by molar-refractivity contribution is -0.167. The van der Waals surface area contributed by atoms with E-state index in [1.54, 1.807) is 0 Å². The third kappa shape index (κ3) is 56.7. The van der Waals surface area contributed by atoms with Gasteiger partial charge < -0.3 is 14.2 Å². The van der Waals surface area contributed by atoms with E-state index in [1.165, 1.54) is 231 Å². The molecular weight excluding hydrogens is 853 g/mol. The summed E-state index contributed by atoms with van der Waals surface area (Å²) in [7, 11) is 0. The van der Waals surface area contributed by atoms with Gasteiger partial charge in [0.25, 0.3) is 0 Å². The molecule has 0 aromatic rings. The van der Waals surface area contributed by atoms with Gasteiger partial charge in [-0.1, -0.05) is 295 Å². The Balaban J connectivity index is 4.30. The van der Waals surface area contributed by atoms with E-state index in [4.69, 9.17) is 14.2 Å². The number of hydrogen-bond donors (Lipinski definition) is 0. The highest BCUT2D eigenvalue weighted by atomic mass is 16.6. The van der Waals surface area contributed by atoms with Gasteiger partial charge in [0, 0.05) is 19.3 Å². The van der Waals surface area contributed by atoms with E-state index >= 15 is 0 Å². The lowest BCUT2D eigenvalue weighted by atomic mass is 10.0. The van der Waals surface area contributed by atoms with E-state index in [9.17, 15) is 14.4 Å². The molecule has 0 aromatic carbocycles. The van der Waals surface area contributed by atoms with E-state index in [1.807, 2.05) is 0 Å². The van der Waals surface area contributed by atoms with Gasteiger partial charge in [0.2, 0.25) is 0 Å². The summed E-state index contributed by atoms with van der Waals surface area (Å²) in [6, 6.07) is 0. The zero-order valence-electron chi connectivity index (χ0n) is 46.6. The average Bonchev–Trinajstić information content (AvgIpc) is 3.35. The van der Waals surface area contributed by atoms with Crippen LogP contribution in [0.5, 0.6) is 0 Å². The molecule has 69 heavy (non-hydrogen) atoms. The van der Waals surface area contributed by atoms with Crippen LogP contribution in [0.15, 0.2) is 24.3 Å². The Morgan fingerprint density at radius 2 is 0.522 bits per heavy atom. The standard InChI is InChI=1S/C63H118O6/c1-4-7-10-13-16-19-22-25-27-29-31-32-34-35-38-41-44-47-50-53-56-62(65)68-59-60(58-67-61(64)55-52-49-46-43-40-37-24-21-18-15-12-9-6-3)69-63(66)57-54-51-48-45-42-39-36-33-30-28-26-23-20-17-14-11-8-5-2/h20,23,28,30,60H,4-19,21-22,24-27,29,31-59H2,1-3H3/b23-20-,30-28-. The number of ether oxygens (including phenoxy) is 3. The fourth-order valence-electron chi connectivity index (χ4n) is 9.30. The van der Waals surface area contributed by atoms with Crippen LogP contribution in [0.1, 0.15) is 342 Å². The molecule has 0 rings (SSSR count).